The molecule has 0 fully saturated rings. The third kappa shape index (κ3) is 2.91. The average molecular weight is 296 g/mol. The number of halogens is 1. The second kappa shape index (κ2) is 5.72. The molecule has 0 unspecified atom stereocenters. The predicted molar refractivity (Wildman–Crippen MR) is 85.4 cm³/mol. The first-order chi connectivity index (χ1) is 10.5. The van der Waals surface area contributed by atoms with Crippen molar-refractivity contribution in [1.29, 1.82) is 0 Å². The SMILES string of the molecule is Cc1ccc2nc(OC(C)C)c(-c3ccc(F)cc3)nc2c1. The Morgan fingerprint density at radius 1 is 0.955 bits per heavy atom. The molecule has 112 valence electrons. The topological polar surface area (TPSA) is 35.0 Å². The fourth-order valence-electron chi connectivity index (χ4n) is 2.25. The van der Waals surface area contributed by atoms with Crippen molar-refractivity contribution in [2.75, 3.05) is 0 Å². The normalized spacial score (nSPS) is 11.1. The number of nitrogens with zero attached hydrogens (tertiary/aromatic N) is 2. The Labute approximate surface area is 128 Å². The highest BCUT2D eigenvalue weighted by molar-refractivity contribution is 5.80. The molecule has 4 heteroatoms. The van der Waals surface area contributed by atoms with Gasteiger partial charge in [-0.1, -0.05) is 6.07 Å². The highest BCUT2D eigenvalue weighted by atomic mass is 19.1. The van der Waals surface area contributed by atoms with Gasteiger partial charge >= 0.3 is 0 Å². The van der Waals surface area contributed by atoms with Gasteiger partial charge in [0.25, 0.3) is 0 Å². The van der Waals surface area contributed by atoms with Crippen LogP contribution in [0.4, 0.5) is 4.39 Å². The second-order valence-corrected chi connectivity index (χ2v) is 5.54. The van der Waals surface area contributed by atoms with Crippen molar-refractivity contribution in [2.24, 2.45) is 0 Å². The molecule has 3 aromatic rings. The van der Waals surface area contributed by atoms with Crippen LogP contribution in [-0.4, -0.2) is 16.1 Å². The smallest absolute Gasteiger partial charge is 0.241 e. The average Bonchev–Trinajstić information content (AvgIpc) is 2.47. The molecule has 0 aliphatic heterocycles. The molecule has 1 heterocycles. The van der Waals surface area contributed by atoms with Crippen molar-refractivity contribution in [2.45, 2.75) is 26.9 Å². The summed E-state index contributed by atoms with van der Waals surface area (Å²) in [5.41, 5.74) is 4.12. The molecule has 3 rings (SSSR count). The van der Waals surface area contributed by atoms with E-state index in [2.05, 4.69) is 9.97 Å². The van der Waals surface area contributed by atoms with Crippen molar-refractivity contribution in [3.8, 4) is 17.1 Å². The lowest BCUT2D eigenvalue weighted by Gasteiger charge is -2.14. The minimum Gasteiger partial charge on any atom is -0.473 e. The molecule has 0 aliphatic carbocycles. The summed E-state index contributed by atoms with van der Waals surface area (Å²) in [6.45, 7) is 5.89. The van der Waals surface area contributed by atoms with Gasteiger partial charge in [-0.25, -0.2) is 14.4 Å². The Hall–Kier alpha value is -2.49. The quantitative estimate of drug-likeness (QED) is 0.712. The largest absolute Gasteiger partial charge is 0.473 e. The molecule has 0 bridgehead atoms. The van der Waals surface area contributed by atoms with Gasteiger partial charge < -0.3 is 4.74 Å². The molecule has 0 N–H and O–H groups in total. The summed E-state index contributed by atoms with van der Waals surface area (Å²) in [5, 5.41) is 0. The minimum absolute atomic E-state index is 0.0172. The molecular formula is C18H17FN2O. The molecule has 3 nitrogen and oxygen atoms in total. The van der Waals surface area contributed by atoms with E-state index in [0.29, 0.717) is 11.6 Å². The third-order valence-electron chi connectivity index (χ3n) is 3.25. The van der Waals surface area contributed by atoms with E-state index in [4.69, 9.17) is 4.74 Å². The molecule has 22 heavy (non-hydrogen) atoms. The molecule has 0 amide bonds. The number of aromatic nitrogens is 2. The third-order valence-corrected chi connectivity index (χ3v) is 3.25. The van der Waals surface area contributed by atoms with E-state index in [1.807, 2.05) is 39.0 Å². The zero-order valence-corrected chi connectivity index (χ0v) is 12.8. The van der Waals surface area contributed by atoms with Crippen molar-refractivity contribution in [1.82, 2.24) is 9.97 Å². The maximum absolute atomic E-state index is 13.2. The molecule has 0 aliphatic rings. The number of rotatable bonds is 3. The first-order valence-electron chi connectivity index (χ1n) is 7.24. The Balaban J connectivity index is 2.21. The lowest BCUT2D eigenvalue weighted by atomic mass is 10.1. The fourth-order valence-corrected chi connectivity index (χ4v) is 2.25. The summed E-state index contributed by atoms with van der Waals surface area (Å²) in [6, 6.07) is 12.1. The summed E-state index contributed by atoms with van der Waals surface area (Å²) in [5.74, 6) is 0.192. The number of ether oxygens (including phenoxy) is 1. The molecule has 0 saturated heterocycles. The Bertz CT molecular complexity index is 813. The van der Waals surface area contributed by atoms with Crippen LogP contribution in [0.3, 0.4) is 0 Å². The van der Waals surface area contributed by atoms with Gasteiger partial charge in [0.2, 0.25) is 5.88 Å². The maximum Gasteiger partial charge on any atom is 0.241 e. The fraction of sp³-hybridized carbons (Fsp3) is 0.222. The second-order valence-electron chi connectivity index (χ2n) is 5.54. The van der Waals surface area contributed by atoms with Crippen LogP contribution in [0.5, 0.6) is 5.88 Å². The highest BCUT2D eigenvalue weighted by Gasteiger charge is 2.14. The molecule has 0 spiro atoms. The van der Waals surface area contributed by atoms with Crippen LogP contribution in [0.15, 0.2) is 42.5 Å². The summed E-state index contributed by atoms with van der Waals surface area (Å²) in [4.78, 5) is 9.26. The van der Waals surface area contributed by atoms with E-state index in [-0.39, 0.29) is 11.9 Å². The highest BCUT2D eigenvalue weighted by Crippen LogP contribution is 2.29. The molecular weight excluding hydrogens is 279 g/mol. The van der Waals surface area contributed by atoms with Gasteiger partial charge in [0.1, 0.15) is 11.5 Å². The number of fused-ring (bicyclic) bond motifs is 1. The van der Waals surface area contributed by atoms with Gasteiger partial charge in [-0.15, -0.1) is 0 Å². The number of aryl methyl sites for hydroxylation is 1. The maximum atomic E-state index is 13.2. The zero-order valence-electron chi connectivity index (χ0n) is 12.8. The van der Waals surface area contributed by atoms with Gasteiger partial charge in [0.05, 0.1) is 17.1 Å². The zero-order chi connectivity index (χ0) is 15.7. The lowest BCUT2D eigenvalue weighted by Crippen LogP contribution is -2.09. The van der Waals surface area contributed by atoms with Crippen LogP contribution in [0.2, 0.25) is 0 Å². The summed E-state index contributed by atoms with van der Waals surface area (Å²) in [7, 11) is 0. The van der Waals surface area contributed by atoms with Gasteiger partial charge in [0, 0.05) is 5.56 Å². The van der Waals surface area contributed by atoms with Crippen LogP contribution >= 0.6 is 0 Å². The summed E-state index contributed by atoms with van der Waals surface area (Å²) in [6.07, 6.45) is -0.0172. The first kappa shape index (κ1) is 14.4. The van der Waals surface area contributed by atoms with Crippen LogP contribution in [-0.2, 0) is 0 Å². The lowest BCUT2D eigenvalue weighted by molar-refractivity contribution is 0.234. The van der Waals surface area contributed by atoms with Crippen molar-refractivity contribution >= 4 is 11.0 Å². The van der Waals surface area contributed by atoms with Crippen molar-refractivity contribution < 1.29 is 9.13 Å². The number of hydrogen-bond donors (Lipinski definition) is 0. The number of benzene rings is 2. The minimum atomic E-state index is -0.278. The van der Waals surface area contributed by atoms with Gasteiger partial charge in [-0.2, -0.15) is 0 Å². The van der Waals surface area contributed by atoms with Crippen molar-refractivity contribution in [3.63, 3.8) is 0 Å². The van der Waals surface area contributed by atoms with Crippen molar-refractivity contribution in [3.05, 3.63) is 53.8 Å². The van der Waals surface area contributed by atoms with Gasteiger partial charge in [0.15, 0.2) is 0 Å². The van der Waals surface area contributed by atoms with Crippen LogP contribution < -0.4 is 4.74 Å². The Kier molecular flexibility index (Phi) is 3.75. The van der Waals surface area contributed by atoms with Crippen LogP contribution in [0.25, 0.3) is 22.3 Å². The number of hydrogen-bond acceptors (Lipinski definition) is 3. The van der Waals surface area contributed by atoms with Gasteiger partial charge in [-0.3, -0.25) is 0 Å². The Morgan fingerprint density at radius 2 is 1.68 bits per heavy atom. The van der Waals surface area contributed by atoms with E-state index < -0.39 is 0 Å². The van der Waals surface area contributed by atoms with E-state index in [1.165, 1.54) is 12.1 Å². The molecule has 1 aromatic heterocycles. The van der Waals surface area contributed by atoms with E-state index in [1.54, 1.807) is 12.1 Å². The summed E-state index contributed by atoms with van der Waals surface area (Å²) < 4.78 is 19.0. The molecule has 0 radical (unpaired) electrons. The van der Waals surface area contributed by atoms with Crippen LogP contribution in [0, 0.1) is 12.7 Å². The summed E-state index contributed by atoms with van der Waals surface area (Å²) >= 11 is 0. The van der Waals surface area contributed by atoms with E-state index in [9.17, 15) is 4.39 Å². The standard InChI is InChI=1S/C18H17FN2O/c1-11(2)22-18-17(13-5-7-14(19)8-6-13)20-16-10-12(3)4-9-15(16)21-18/h4-11H,1-3H3. The van der Waals surface area contributed by atoms with E-state index in [0.717, 1.165) is 22.2 Å². The first-order valence-corrected chi connectivity index (χ1v) is 7.24. The van der Waals surface area contributed by atoms with E-state index >= 15 is 0 Å². The monoisotopic (exact) mass is 296 g/mol. The Morgan fingerprint density at radius 3 is 2.36 bits per heavy atom. The molecule has 0 saturated carbocycles. The molecule has 2 aromatic carbocycles. The predicted octanol–water partition coefficient (Wildman–Crippen LogP) is 4.53. The van der Waals surface area contributed by atoms with Crippen LogP contribution in [0.1, 0.15) is 19.4 Å². The molecule has 0 atom stereocenters. The van der Waals surface area contributed by atoms with Gasteiger partial charge in [-0.05, 0) is 62.7 Å².